The van der Waals surface area contributed by atoms with Crippen LogP contribution in [0, 0.1) is 0 Å². The number of thiocarbonyl (C=S) groups is 1. The molecular weight excluding hydrogens is 579 g/mol. The van der Waals surface area contributed by atoms with Gasteiger partial charge in [-0.2, -0.15) is 0 Å². The first kappa shape index (κ1) is 23.4. The Morgan fingerprint density at radius 1 is 1.09 bits per heavy atom. The molecule has 2 amide bonds. The molecule has 0 spiro atoms. The molecule has 4 rings (SSSR count). The smallest absolute Gasteiger partial charge is 0.270 e. The molecule has 0 bridgehead atoms. The normalized spacial score (nSPS) is 15.4. The molecule has 1 aliphatic heterocycles. The molecule has 2 heterocycles. The molecule has 5 nitrogen and oxygen atoms in total. The quantitative estimate of drug-likeness (QED) is 0.202. The standard InChI is InChI=1S/C21H10BrCl3N2O3S2/c22-14-9-11(30-20(14)32-12-6-4-10(23)5-7-12)8-13-18(28)26-21(31)27(19(13)29)16-3-1-2-15(24)17(16)25/h1-9H,(H,26,28,31)/b13-8+. The third-order valence-corrected chi connectivity index (χ3v) is 7.45. The minimum absolute atomic E-state index is 0.0964. The van der Waals surface area contributed by atoms with Crippen LogP contribution in [0.25, 0.3) is 6.08 Å². The lowest BCUT2D eigenvalue weighted by Gasteiger charge is -2.29. The molecule has 1 N–H and O–H groups in total. The van der Waals surface area contributed by atoms with Crippen LogP contribution in [0.3, 0.4) is 0 Å². The van der Waals surface area contributed by atoms with Gasteiger partial charge in [-0.1, -0.05) is 52.6 Å². The van der Waals surface area contributed by atoms with E-state index in [-0.39, 0.29) is 26.4 Å². The van der Waals surface area contributed by atoms with Gasteiger partial charge in [-0.05, 0) is 76.7 Å². The highest BCUT2D eigenvalue weighted by atomic mass is 79.9. The molecule has 11 heteroatoms. The number of carbonyl (C=O) groups excluding carboxylic acids is 2. The highest BCUT2D eigenvalue weighted by Gasteiger charge is 2.36. The van der Waals surface area contributed by atoms with Gasteiger partial charge in [-0.25, -0.2) is 0 Å². The van der Waals surface area contributed by atoms with Gasteiger partial charge in [0.15, 0.2) is 10.2 Å². The lowest BCUT2D eigenvalue weighted by atomic mass is 10.1. The van der Waals surface area contributed by atoms with Crippen molar-refractivity contribution in [2.24, 2.45) is 0 Å². The van der Waals surface area contributed by atoms with E-state index in [1.54, 1.807) is 36.4 Å². The van der Waals surface area contributed by atoms with Crippen molar-refractivity contribution in [3.63, 3.8) is 0 Å². The van der Waals surface area contributed by atoms with Crippen LogP contribution >= 0.6 is 74.7 Å². The average Bonchev–Trinajstić information content (AvgIpc) is 3.09. The van der Waals surface area contributed by atoms with Gasteiger partial charge in [0.25, 0.3) is 11.8 Å². The summed E-state index contributed by atoms with van der Waals surface area (Å²) in [5, 5.41) is 3.97. The maximum Gasteiger partial charge on any atom is 0.270 e. The number of furan rings is 1. The van der Waals surface area contributed by atoms with Gasteiger partial charge >= 0.3 is 0 Å². The Bertz CT molecular complexity index is 1290. The number of carbonyl (C=O) groups is 2. The van der Waals surface area contributed by atoms with Gasteiger partial charge in [0.1, 0.15) is 11.3 Å². The van der Waals surface area contributed by atoms with E-state index >= 15 is 0 Å². The maximum absolute atomic E-state index is 13.2. The van der Waals surface area contributed by atoms with Crippen molar-refractivity contribution in [2.75, 3.05) is 4.90 Å². The van der Waals surface area contributed by atoms with Crippen molar-refractivity contribution < 1.29 is 14.0 Å². The summed E-state index contributed by atoms with van der Waals surface area (Å²) in [6.45, 7) is 0. The molecule has 162 valence electrons. The van der Waals surface area contributed by atoms with Crippen molar-refractivity contribution in [2.45, 2.75) is 9.99 Å². The van der Waals surface area contributed by atoms with Crippen LogP contribution in [0.4, 0.5) is 5.69 Å². The number of amides is 2. The maximum atomic E-state index is 13.2. The minimum atomic E-state index is -0.651. The van der Waals surface area contributed by atoms with Crippen LogP contribution in [0.2, 0.25) is 15.1 Å². The summed E-state index contributed by atoms with van der Waals surface area (Å²) in [5.74, 6) is -0.993. The van der Waals surface area contributed by atoms with E-state index in [1.165, 1.54) is 17.8 Å². The number of anilines is 1. The fourth-order valence-corrected chi connectivity index (χ4v) is 4.91. The molecule has 2 aromatic carbocycles. The average molecular weight is 589 g/mol. The lowest BCUT2D eigenvalue weighted by Crippen LogP contribution is -2.54. The van der Waals surface area contributed by atoms with Gasteiger partial charge in [-0.15, -0.1) is 0 Å². The van der Waals surface area contributed by atoms with Crippen molar-refractivity contribution in [1.29, 1.82) is 0 Å². The van der Waals surface area contributed by atoms with Crippen LogP contribution < -0.4 is 10.2 Å². The molecule has 32 heavy (non-hydrogen) atoms. The van der Waals surface area contributed by atoms with Gasteiger partial charge in [0.2, 0.25) is 0 Å². The molecule has 1 aliphatic rings. The molecule has 0 unspecified atom stereocenters. The summed E-state index contributed by atoms with van der Waals surface area (Å²) in [6, 6.07) is 13.7. The number of hydrogen-bond acceptors (Lipinski definition) is 5. The summed E-state index contributed by atoms with van der Waals surface area (Å²) >= 11 is 28.2. The molecule has 1 fully saturated rings. The second-order valence-corrected chi connectivity index (χ2v) is 9.88. The van der Waals surface area contributed by atoms with Crippen molar-refractivity contribution >= 4 is 103 Å². The molecule has 0 saturated carbocycles. The van der Waals surface area contributed by atoms with E-state index in [1.807, 2.05) is 12.1 Å². The van der Waals surface area contributed by atoms with E-state index in [9.17, 15) is 9.59 Å². The zero-order chi connectivity index (χ0) is 23.0. The lowest BCUT2D eigenvalue weighted by molar-refractivity contribution is -0.122. The fourth-order valence-electron chi connectivity index (χ4n) is 2.80. The van der Waals surface area contributed by atoms with Gasteiger partial charge < -0.3 is 4.42 Å². The van der Waals surface area contributed by atoms with E-state index in [0.29, 0.717) is 20.3 Å². The van der Waals surface area contributed by atoms with Gasteiger partial charge in [-0.3, -0.25) is 19.8 Å². The Hall–Kier alpha value is -1.81. The Labute approximate surface area is 215 Å². The van der Waals surface area contributed by atoms with E-state index < -0.39 is 11.8 Å². The fraction of sp³-hybridized carbons (Fsp3) is 0. The Morgan fingerprint density at radius 3 is 2.53 bits per heavy atom. The first-order valence-corrected chi connectivity index (χ1v) is 12.0. The van der Waals surface area contributed by atoms with Gasteiger partial charge in [0.05, 0.1) is 20.2 Å². The van der Waals surface area contributed by atoms with Crippen LogP contribution in [-0.2, 0) is 9.59 Å². The topological polar surface area (TPSA) is 62.6 Å². The predicted molar refractivity (Wildman–Crippen MR) is 135 cm³/mol. The number of nitrogens with one attached hydrogen (secondary N) is 1. The van der Waals surface area contributed by atoms with Crippen molar-refractivity contribution in [3.8, 4) is 0 Å². The van der Waals surface area contributed by atoms with E-state index in [2.05, 4.69) is 21.2 Å². The monoisotopic (exact) mass is 586 g/mol. The largest absolute Gasteiger partial charge is 0.449 e. The molecule has 3 aromatic rings. The van der Waals surface area contributed by atoms with E-state index in [0.717, 1.165) is 9.80 Å². The summed E-state index contributed by atoms with van der Waals surface area (Å²) < 4.78 is 6.50. The summed E-state index contributed by atoms with van der Waals surface area (Å²) in [6.07, 6.45) is 1.35. The molecule has 0 aliphatic carbocycles. The molecule has 1 aromatic heterocycles. The first-order chi connectivity index (χ1) is 15.2. The number of halogens is 4. The zero-order valence-corrected chi connectivity index (χ0v) is 21.2. The Balaban J connectivity index is 1.66. The highest BCUT2D eigenvalue weighted by molar-refractivity contribution is 9.10. The molecule has 1 saturated heterocycles. The molecular formula is C21H10BrCl3N2O3S2. The Morgan fingerprint density at radius 2 is 1.81 bits per heavy atom. The molecule has 0 atom stereocenters. The number of hydrogen-bond donors (Lipinski definition) is 1. The molecule has 0 radical (unpaired) electrons. The zero-order valence-electron chi connectivity index (χ0n) is 15.7. The third kappa shape index (κ3) is 4.76. The predicted octanol–water partition coefficient (Wildman–Crippen LogP) is 6.98. The Kier molecular flexibility index (Phi) is 7.00. The SMILES string of the molecule is O=C1NC(=S)N(c2cccc(Cl)c2Cl)C(=O)/C1=C/c1cc(Br)c(Sc2ccc(Cl)cc2)o1. The number of rotatable bonds is 4. The second-order valence-electron chi connectivity index (χ2n) is 6.37. The number of nitrogens with zero attached hydrogens (tertiary/aromatic N) is 1. The second kappa shape index (κ2) is 9.59. The summed E-state index contributed by atoms with van der Waals surface area (Å²) in [5.41, 5.74) is 0.0959. The minimum Gasteiger partial charge on any atom is -0.449 e. The highest BCUT2D eigenvalue weighted by Crippen LogP contribution is 2.38. The van der Waals surface area contributed by atoms with Crippen LogP contribution in [-0.4, -0.2) is 16.9 Å². The van der Waals surface area contributed by atoms with Crippen molar-refractivity contribution in [1.82, 2.24) is 5.32 Å². The van der Waals surface area contributed by atoms with Crippen LogP contribution in [0.15, 0.2) is 73.0 Å². The summed E-state index contributed by atoms with van der Waals surface area (Å²) in [7, 11) is 0. The summed E-state index contributed by atoms with van der Waals surface area (Å²) in [4.78, 5) is 27.7. The van der Waals surface area contributed by atoms with Crippen LogP contribution in [0.5, 0.6) is 0 Å². The van der Waals surface area contributed by atoms with Crippen molar-refractivity contribution in [3.05, 3.63) is 79.4 Å². The number of benzene rings is 2. The first-order valence-electron chi connectivity index (χ1n) is 8.83. The van der Waals surface area contributed by atoms with Gasteiger partial charge in [0, 0.05) is 9.92 Å². The van der Waals surface area contributed by atoms with E-state index in [4.69, 9.17) is 51.4 Å². The third-order valence-electron chi connectivity index (χ3n) is 4.26. The van der Waals surface area contributed by atoms with Crippen LogP contribution in [0.1, 0.15) is 5.76 Å².